The van der Waals surface area contributed by atoms with Gasteiger partial charge in [0.1, 0.15) is 11.4 Å². The third-order valence-corrected chi connectivity index (χ3v) is 6.94. The Kier molecular flexibility index (Phi) is 5.25. The molecule has 0 radical (unpaired) electrons. The topological polar surface area (TPSA) is 89.5 Å². The second-order valence-corrected chi connectivity index (χ2v) is 9.66. The van der Waals surface area contributed by atoms with Crippen molar-refractivity contribution in [3.63, 3.8) is 0 Å². The first kappa shape index (κ1) is 19.1. The molecule has 0 spiro atoms. The predicted molar refractivity (Wildman–Crippen MR) is 101 cm³/mol. The maximum Gasteiger partial charge on any atom is 0.256 e. The number of aliphatic carboxylic acids is 1. The van der Waals surface area contributed by atoms with E-state index in [0.29, 0.717) is 11.3 Å². The van der Waals surface area contributed by atoms with Crippen LogP contribution in [0.1, 0.15) is 41.6 Å². The number of fused-ring (bicyclic) bond motifs is 3. The van der Waals surface area contributed by atoms with Gasteiger partial charge in [-0.25, -0.2) is 0 Å². The number of thioether (sulfide) groups is 2. The average Bonchev–Trinajstić information content (AvgIpc) is 3.01. The zero-order chi connectivity index (χ0) is 19.1. The van der Waals surface area contributed by atoms with Gasteiger partial charge in [0, 0.05) is 10.3 Å². The van der Waals surface area contributed by atoms with Gasteiger partial charge in [-0.05, 0) is 43.9 Å². The van der Waals surface area contributed by atoms with Crippen molar-refractivity contribution in [2.24, 2.45) is 0 Å². The Labute approximate surface area is 161 Å². The lowest BCUT2D eigenvalue weighted by Crippen LogP contribution is -2.57. The fourth-order valence-electron chi connectivity index (χ4n) is 3.54. The van der Waals surface area contributed by atoms with Gasteiger partial charge in [-0.1, -0.05) is 18.2 Å². The number of carboxylic acids is 1. The van der Waals surface area contributed by atoms with Crippen LogP contribution in [0.2, 0.25) is 0 Å². The minimum absolute atomic E-state index is 0.182. The van der Waals surface area contributed by atoms with Gasteiger partial charge >= 0.3 is 0 Å². The second-order valence-electron chi connectivity index (χ2n) is 6.94. The Bertz CT molecular complexity index is 752. The molecule has 2 aliphatic heterocycles. The van der Waals surface area contributed by atoms with Crippen molar-refractivity contribution in [1.29, 1.82) is 0 Å². The van der Waals surface area contributed by atoms with Gasteiger partial charge in [0.2, 0.25) is 5.91 Å². The van der Waals surface area contributed by atoms with Crippen molar-refractivity contribution in [3.8, 4) is 0 Å². The Hall–Kier alpha value is -1.67. The third-order valence-electron chi connectivity index (χ3n) is 4.76. The molecule has 140 valence electrons. The summed E-state index contributed by atoms with van der Waals surface area (Å²) in [6.07, 6.45) is 2.16. The number of carbonyl (C=O) groups excluding carboxylic acids is 3. The molecule has 1 fully saturated rings. The number of nitrogens with one attached hydrogen (secondary N) is 1. The highest BCUT2D eigenvalue weighted by molar-refractivity contribution is 8.01. The highest BCUT2D eigenvalue weighted by atomic mass is 32.2. The van der Waals surface area contributed by atoms with Crippen LogP contribution in [0, 0.1) is 0 Å². The zero-order valence-corrected chi connectivity index (χ0v) is 16.5. The van der Waals surface area contributed by atoms with Gasteiger partial charge in [0.05, 0.1) is 12.0 Å². The van der Waals surface area contributed by atoms with Crippen molar-refractivity contribution in [2.45, 2.75) is 42.5 Å². The standard InChI is InChI=1S/C18H22N2O4S2/c1-18(2)13(14(21)19-12(17(23)24)8-9-25-3)20-15(22)10-6-4-5-7-11(10)16(20)26-18/h4-7,12-13,16H,8-9H2,1-3H3,(H,19,21)(H,23,24)/p-1/t12-,13+,16+/m0/s1. The molecule has 0 bridgehead atoms. The first-order valence-corrected chi connectivity index (χ1v) is 10.6. The third kappa shape index (κ3) is 3.20. The lowest BCUT2D eigenvalue weighted by atomic mass is 10.00. The summed E-state index contributed by atoms with van der Waals surface area (Å²) < 4.78 is -0.534. The molecule has 0 unspecified atom stereocenters. The molecule has 3 atom stereocenters. The first-order chi connectivity index (χ1) is 12.3. The van der Waals surface area contributed by atoms with E-state index in [1.165, 1.54) is 11.8 Å². The van der Waals surface area contributed by atoms with Gasteiger partial charge in [0.25, 0.3) is 5.91 Å². The number of nitrogens with zero attached hydrogens (tertiary/aromatic N) is 1. The highest BCUT2D eigenvalue weighted by Gasteiger charge is 2.57. The molecule has 1 aromatic carbocycles. The quantitative estimate of drug-likeness (QED) is 0.776. The maximum atomic E-state index is 13.0. The van der Waals surface area contributed by atoms with E-state index in [1.54, 1.807) is 28.8 Å². The number of amides is 2. The van der Waals surface area contributed by atoms with Gasteiger partial charge in [-0.3, -0.25) is 9.59 Å². The Morgan fingerprint density at radius 2 is 2.08 bits per heavy atom. The predicted octanol–water partition coefficient (Wildman–Crippen LogP) is 1.02. The Morgan fingerprint density at radius 3 is 2.73 bits per heavy atom. The van der Waals surface area contributed by atoms with E-state index in [4.69, 9.17) is 0 Å². The van der Waals surface area contributed by atoms with Crippen molar-refractivity contribution in [2.75, 3.05) is 12.0 Å². The summed E-state index contributed by atoms with van der Waals surface area (Å²) >= 11 is 3.05. The number of benzene rings is 1. The van der Waals surface area contributed by atoms with Crippen LogP contribution in [-0.4, -0.2) is 51.5 Å². The molecule has 8 heteroatoms. The van der Waals surface area contributed by atoms with E-state index in [9.17, 15) is 19.5 Å². The molecular formula is C18H21N2O4S2-. The molecule has 2 heterocycles. The van der Waals surface area contributed by atoms with E-state index in [0.717, 1.165) is 5.56 Å². The van der Waals surface area contributed by atoms with Crippen molar-refractivity contribution in [3.05, 3.63) is 35.4 Å². The second kappa shape index (κ2) is 7.15. The molecule has 2 aliphatic rings. The summed E-state index contributed by atoms with van der Waals surface area (Å²) in [5, 5.41) is 13.7. The lowest BCUT2D eigenvalue weighted by Gasteiger charge is -2.31. The minimum atomic E-state index is -1.30. The van der Waals surface area contributed by atoms with E-state index in [2.05, 4.69) is 5.32 Å². The normalized spacial score (nSPS) is 24.1. The van der Waals surface area contributed by atoms with Crippen LogP contribution < -0.4 is 10.4 Å². The molecule has 0 aliphatic carbocycles. The van der Waals surface area contributed by atoms with Crippen LogP contribution in [0.25, 0.3) is 0 Å². The van der Waals surface area contributed by atoms with E-state index < -0.39 is 28.7 Å². The Balaban J connectivity index is 1.86. The van der Waals surface area contributed by atoms with Crippen LogP contribution in [0.4, 0.5) is 0 Å². The number of hydrogen-bond donors (Lipinski definition) is 1. The molecule has 3 rings (SSSR count). The van der Waals surface area contributed by atoms with E-state index >= 15 is 0 Å². The summed E-state index contributed by atoms with van der Waals surface area (Å²) in [7, 11) is 0. The van der Waals surface area contributed by atoms with Crippen molar-refractivity contribution < 1.29 is 19.5 Å². The van der Waals surface area contributed by atoms with Crippen LogP contribution in [-0.2, 0) is 9.59 Å². The minimum Gasteiger partial charge on any atom is -0.548 e. The average molecular weight is 394 g/mol. The molecule has 1 saturated heterocycles. The fourth-order valence-corrected chi connectivity index (χ4v) is 5.60. The van der Waals surface area contributed by atoms with Gasteiger partial charge in [-0.15, -0.1) is 11.8 Å². The van der Waals surface area contributed by atoms with Crippen LogP contribution in [0.15, 0.2) is 24.3 Å². The van der Waals surface area contributed by atoms with Crippen molar-refractivity contribution in [1.82, 2.24) is 10.2 Å². The smallest absolute Gasteiger partial charge is 0.256 e. The molecule has 0 aromatic heterocycles. The largest absolute Gasteiger partial charge is 0.548 e. The molecule has 26 heavy (non-hydrogen) atoms. The SMILES string of the molecule is CSCC[C@H](NC(=O)[C@H]1N2C(=O)c3ccccc3[C@H]2SC1(C)C)C(=O)[O-]. The molecular weight excluding hydrogens is 372 g/mol. The number of carboxylic acid groups (broad SMARTS) is 1. The fraction of sp³-hybridized carbons (Fsp3) is 0.500. The summed E-state index contributed by atoms with van der Waals surface area (Å²) in [5.41, 5.74) is 1.52. The van der Waals surface area contributed by atoms with E-state index in [1.807, 2.05) is 32.2 Å². The summed E-state index contributed by atoms with van der Waals surface area (Å²) in [4.78, 5) is 38.8. The molecule has 1 aromatic rings. The Morgan fingerprint density at radius 1 is 1.38 bits per heavy atom. The molecule has 6 nitrogen and oxygen atoms in total. The number of hydrogen-bond acceptors (Lipinski definition) is 6. The van der Waals surface area contributed by atoms with Gasteiger partial charge in [-0.2, -0.15) is 11.8 Å². The number of carbonyl (C=O) groups is 3. The summed E-state index contributed by atoms with van der Waals surface area (Å²) in [6.45, 7) is 3.82. The molecule has 1 N–H and O–H groups in total. The summed E-state index contributed by atoms with van der Waals surface area (Å²) in [5.74, 6) is -1.33. The maximum absolute atomic E-state index is 13.0. The van der Waals surface area contributed by atoms with Crippen LogP contribution in [0.5, 0.6) is 0 Å². The zero-order valence-electron chi connectivity index (χ0n) is 14.9. The van der Waals surface area contributed by atoms with Crippen LogP contribution in [0.3, 0.4) is 0 Å². The van der Waals surface area contributed by atoms with Gasteiger partial charge in [0.15, 0.2) is 0 Å². The van der Waals surface area contributed by atoms with Gasteiger partial charge < -0.3 is 20.1 Å². The molecule has 0 saturated carbocycles. The highest BCUT2D eigenvalue weighted by Crippen LogP contribution is 2.56. The summed E-state index contributed by atoms with van der Waals surface area (Å²) in [6, 6.07) is 5.55. The lowest BCUT2D eigenvalue weighted by molar-refractivity contribution is -0.308. The number of rotatable bonds is 6. The first-order valence-electron chi connectivity index (χ1n) is 8.37. The monoisotopic (exact) mass is 393 g/mol. The van der Waals surface area contributed by atoms with E-state index in [-0.39, 0.29) is 17.7 Å². The van der Waals surface area contributed by atoms with Crippen molar-refractivity contribution >= 4 is 41.3 Å². The molecule has 2 amide bonds. The van der Waals surface area contributed by atoms with Crippen LogP contribution >= 0.6 is 23.5 Å².